The monoisotopic (exact) mass is 367 g/mol. The van der Waals surface area contributed by atoms with Crippen LogP contribution in [0.2, 0.25) is 5.02 Å². The number of rotatable bonds is 4. The normalized spacial score (nSPS) is 11.5. The van der Waals surface area contributed by atoms with Crippen molar-refractivity contribution in [1.29, 1.82) is 5.26 Å². The van der Waals surface area contributed by atoms with Gasteiger partial charge >= 0.3 is 0 Å². The van der Waals surface area contributed by atoms with Crippen LogP contribution in [0, 0.1) is 16.7 Å². The number of aromatic nitrogens is 3. The van der Waals surface area contributed by atoms with Crippen molar-refractivity contribution in [1.82, 2.24) is 14.5 Å². The predicted octanol–water partition coefficient (Wildman–Crippen LogP) is 4.64. The molecule has 26 heavy (non-hydrogen) atoms. The number of nitrogens with zero attached hydrogens (tertiary/aromatic N) is 5. The molecular weight excluding hydrogens is 346 g/mol. The highest BCUT2D eigenvalue weighted by Gasteiger charge is 2.19. The molecule has 0 amide bonds. The fourth-order valence-electron chi connectivity index (χ4n) is 2.96. The summed E-state index contributed by atoms with van der Waals surface area (Å²) >= 11 is 5.99. The Morgan fingerprint density at radius 1 is 1.23 bits per heavy atom. The van der Waals surface area contributed by atoms with Gasteiger partial charge < -0.3 is 9.47 Å². The number of hydrogen-bond acceptors (Lipinski definition) is 4. The van der Waals surface area contributed by atoms with Crippen molar-refractivity contribution >= 4 is 28.3 Å². The number of hydrogen-bond donors (Lipinski definition) is 0. The quantitative estimate of drug-likeness (QED) is 0.674. The molecule has 0 fully saturated rings. The van der Waals surface area contributed by atoms with Gasteiger partial charge in [-0.3, -0.25) is 0 Å². The second kappa shape index (κ2) is 6.97. The first-order valence-electron chi connectivity index (χ1n) is 8.49. The molecule has 0 spiro atoms. The molecule has 6 heteroatoms. The largest absolute Gasteiger partial charge is 0.369 e. The maximum atomic E-state index is 9.14. The zero-order chi connectivity index (χ0) is 18.9. The fraction of sp³-hybridized carbons (Fsp3) is 0.350. The molecule has 5 nitrogen and oxygen atoms in total. The summed E-state index contributed by atoms with van der Waals surface area (Å²) in [6.07, 6.45) is 1.73. The highest BCUT2D eigenvalue weighted by molar-refractivity contribution is 6.30. The van der Waals surface area contributed by atoms with Gasteiger partial charge in [-0.25, -0.2) is 9.97 Å². The van der Waals surface area contributed by atoms with Gasteiger partial charge in [0.25, 0.3) is 0 Å². The molecule has 0 N–H and O–H groups in total. The first-order valence-corrected chi connectivity index (χ1v) is 8.86. The summed E-state index contributed by atoms with van der Waals surface area (Å²) < 4.78 is 2.20. The zero-order valence-corrected chi connectivity index (χ0v) is 16.2. The van der Waals surface area contributed by atoms with E-state index in [4.69, 9.17) is 16.9 Å². The van der Waals surface area contributed by atoms with Crippen molar-refractivity contribution in [2.75, 3.05) is 11.9 Å². The van der Waals surface area contributed by atoms with Gasteiger partial charge in [0.15, 0.2) is 0 Å². The Balaban J connectivity index is 2.02. The molecule has 0 aliphatic rings. The molecular formula is C20H22ClN5. The molecule has 134 valence electrons. The molecule has 3 aromatic rings. The maximum Gasteiger partial charge on any atom is 0.234 e. The molecule has 2 aromatic heterocycles. The van der Waals surface area contributed by atoms with Crippen LogP contribution in [0.4, 0.5) is 5.69 Å². The number of fused-ring (bicyclic) bond motifs is 1. The van der Waals surface area contributed by atoms with Gasteiger partial charge in [0.2, 0.25) is 5.82 Å². The van der Waals surface area contributed by atoms with Gasteiger partial charge in [-0.2, -0.15) is 5.26 Å². The van der Waals surface area contributed by atoms with Gasteiger partial charge in [-0.15, -0.1) is 0 Å². The van der Waals surface area contributed by atoms with Crippen LogP contribution in [0.1, 0.15) is 32.3 Å². The summed E-state index contributed by atoms with van der Waals surface area (Å²) in [5.74, 6) is 0.198. The summed E-state index contributed by atoms with van der Waals surface area (Å²) in [7, 11) is 2.05. The highest BCUT2D eigenvalue weighted by atomic mass is 35.5. The van der Waals surface area contributed by atoms with Gasteiger partial charge in [0, 0.05) is 41.6 Å². The third kappa shape index (κ3) is 3.97. The van der Waals surface area contributed by atoms with Crippen LogP contribution in [-0.4, -0.2) is 21.6 Å². The Morgan fingerprint density at radius 3 is 2.54 bits per heavy atom. The molecule has 1 aromatic carbocycles. The lowest BCUT2D eigenvalue weighted by molar-refractivity contribution is 0.343. The van der Waals surface area contributed by atoms with Crippen molar-refractivity contribution in [3.05, 3.63) is 53.1 Å². The minimum Gasteiger partial charge on any atom is -0.369 e. The molecule has 2 heterocycles. The smallest absolute Gasteiger partial charge is 0.234 e. The van der Waals surface area contributed by atoms with E-state index in [0.29, 0.717) is 0 Å². The van der Waals surface area contributed by atoms with Crippen molar-refractivity contribution in [2.45, 2.75) is 33.9 Å². The predicted molar refractivity (Wildman–Crippen MR) is 105 cm³/mol. The van der Waals surface area contributed by atoms with Crippen LogP contribution in [0.25, 0.3) is 11.0 Å². The molecule has 0 saturated carbocycles. The second-order valence-corrected chi connectivity index (χ2v) is 8.14. The van der Waals surface area contributed by atoms with Crippen LogP contribution in [-0.2, 0) is 13.1 Å². The van der Waals surface area contributed by atoms with E-state index in [2.05, 4.69) is 53.3 Å². The Hall–Kier alpha value is -2.58. The van der Waals surface area contributed by atoms with Crippen LogP contribution >= 0.6 is 11.6 Å². The maximum absolute atomic E-state index is 9.14. The summed E-state index contributed by atoms with van der Waals surface area (Å²) in [5, 5.41) is 10.8. The molecule has 3 rings (SSSR count). The first-order chi connectivity index (χ1) is 12.3. The van der Waals surface area contributed by atoms with E-state index in [1.165, 1.54) is 0 Å². The molecule has 0 aliphatic heterocycles. The third-order valence-electron chi connectivity index (χ3n) is 4.12. The summed E-state index contributed by atoms with van der Waals surface area (Å²) in [6.45, 7) is 8.10. The minimum atomic E-state index is 0.0807. The average molecular weight is 368 g/mol. The van der Waals surface area contributed by atoms with E-state index in [1.807, 2.05) is 30.3 Å². The van der Waals surface area contributed by atoms with Crippen molar-refractivity contribution < 1.29 is 0 Å². The highest BCUT2D eigenvalue weighted by Crippen LogP contribution is 2.26. The lowest BCUT2D eigenvalue weighted by Crippen LogP contribution is -2.22. The van der Waals surface area contributed by atoms with Crippen LogP contribution in [0.5, 0.6) is 0 Å². The minimum absolute atomic E-state index is 0.0807. The summed E-state index contributed by atoms with van der Waals surface area (Å²) in [6, 6.07) is 11.9. The van der Waals surface area contributed by atoms with E-state index in [-0.39, 0.29) is 11.2 Å². The molecule has 0 aliphatic carbocycles. The lowest BCUT2D eigenvalue weighted by Gasteiger charge is -2.24. The number of anilines is 1. The fourth-order valence-corrected chi connectivity index (χ4v) is 3.09. The standard InChI is InChI=1S/C20H22ClN5/c1-20(2,3)13-26-17(9-14-11-23-18(10-22)24-19(14)26)12-25(4)16-7-5-15(21)6-8-16/h5-9,11H,12-13H2,1-4H3. The van der Waals surface area contributed by atoms with Crippen LogP contribution < -0.4 is 4.90 Å². The zero-order valence-electron chi connectivity index (χ0n) is 15.5. The Bertz CT molecular complexity index is 961. The molecule has 0 saturated heterocycles. The number of nitriles is 1. The SMILES string of the molecule is CN(Cc1cc2cnc(C#N)nc2n1CC(C)(C)C)c1ccc(Cl)cc1. The molecule has 0 radical (unpaired) electrons. The molecule has 0 atom stereocenters. The first kappa shape index (κ1) is 18.2. The van der Waals surface area contributed by atoms with Gasteiger partial charge in [0.1, 0.15) is 11.7 Å². The van der Waals surface area contributed by atoms with Gasteiger partial charge in [-0.1, -0.05) is 32.4 Å². The van der Waals surface area contributed by atoms with E-state index in [9.17, 15) is 0 Å². The number of halogens is 1. The van der Waals surface area contributed by atoms with E-state index < -0.39 is 0 Å². The Labute approximate surface area is 158 Å². The van der Waals surface area contributed by atoms with E-state index in [1.54, 1.807) is 6.20 Å². The average Bonchev–Trinajstić information content (AvgIpc) is 2.90. The van der Waals surface area contributed by atoms with Crippen molar-refractivity contribution in [3.63, 3.8) is 0 Å². The van der Waals surface area contributed by atoms with E-state index in [0.717, 1.165) is 40.5 Å². The Morgan fingerprint density at radius 2 is 1.92 bits per heavy atom. The summed E-state index contributed by atoms with van der Waals surface area (Å²) in [5.41, 5.74) is 3.12. The van der Waals surface area contributed by atoms with E-state index >= 15 is 0 Å². The van der Waals surface area contributed by atoms with Gasteiger partial charge in [-0.05, 0) is 35.7 Å². The summed E-state index contributed by atoms with van der Waals surface area (Å²) in [4.78, 5) is 10.7. The second-order valence-electron chi connectivity index (χ2n) is 7.70. The molecule has 0 bridgehead atoms. The molecule has 0 unspecified atom stereocenters. The third-order valence-corrected chi connectivity index (χ3v) is 4.37. The van der Waals surface area contributed by atoms with Crippen molar-refractivity contribution in [3.8, 4) is 6.07 Å². The lowest BCUT2D eigenvalue weighted by atomic mass is 9.97. The van der Waals surface area contributed by atoms with Gasteiger partial charge in [0.05, 0.1) is 6.54 Å². The Kier molecular flexibility index (Phi) is 4.88. The van der Waals surface area contributed by atoms with Crippen molar-refractivity contribution in [2.24, 2.45) is 5.41 Å². The van der Waals surface area contributed by atoms with Crippen LogP contribution in [0.3, 0.4) is 0 Å². The topological polar surface area (TPSA) is 57.7 Å². The number of benzene rings is 1. The van der Waals surface area contributed by atoms with Crippen LogP contribution in [0.15, 0.2) is 36.5 Å².